The molecule has 2 heterocycles. The maximum absolute atomic E-state index is 12.2. The number of rotatable bonds is 5. The number of nitrogens with one attached hydrogen (secondary N) is 1. The predicted octanol–water partition coefficient (Wildman–Crippen LogP) is 0.548. The lowest BCUT2D eigenvalue weighted by atomic mass is 10.2. The minimum Gasteiger partial charge on any atom is -0.378 e. The summed E-state index contributed by atoms with van der Waals surface area (Å²) in [6.07, 6.45) is 3.27. The van der Waals surface area contributed by atoms with Gasteiger partial charge in [0.1, 0.15) is 5.56 Å². The van der Waals surface area contributed by atoms with Crippen molar-refractivity contribution in [1.29, 1.82) is 0 Å². The van der Waals surface area contributed by atoms with Crippen LogP contribution in [0.3, 0.4) is 0 Å². The van der Waals surface area contributed by atoms with Gasteiger partial charge in [-0.2, -0.15) is 4.57 Å². The molecule has 7 heteroatoms. The second-order valence-corrected chi connectivity index (χ2v) is 5.82. The van der Waals surface area contributed by atoms with E-state index in [1.807, 2.05) is 24.3 Å². The van der Waals surface area contributed by atoms with E-state index in [1.54, 1.807) is 29.1 Å². The van der Waals surface area contributed by atoms with Gasteiger partial charge in [-0.3, -0.25) is 9.59 Å². The molecule has 2 amide bonds. The summed E-state index contributed by atoms with van der Waals surface area (Å²) >= 11 is 0. The Morgan fingerprint density at radius 2 is 1.88 bits per heavy atom. The third-order valence-corrected chi connectivity index (χ3v) is 4.00. The summed E-state index contributed by atoms with van der Waals surface area (Å²) in [5.74, 6) is -0.695. The Labute approximate surface area is 146 Å². The van der Waals surface area contributed by atoms with Crippen molar-refractivity contribution in [1.82, 2.24) is 0 Å². The zero-order valence-electron chi connectivity index (χ0n) is 13.9. The van der Waals surface area contributed by atoms with Crippen LogP contribution in [-0.4, -0.2) is 38.1 Å². The third kappa shape index (κ3) is 4.54. The number of hydrogen-bond donors (Lipinski definition) is 2. The zero-order chi connectivity index (χ0) is 17.6. The van der Waals surface area contributed by atoms with Crippen molar-refractivity contribution in [3.63, 3.8) is 0 Å². The number of aromatic nitrogens is 1. The summed E-state index contributed by atoms with van der Waals surface area (Å²) in [5.41, 5.74) is 7.46. The summed E-state index contributed by atoms with van der Waals surface area (Å²) in [4.78, 5) is 25.6. The lowest BCUT2D eigenvalue weighted by Gasteiger charge is -2.28. The molecule has 1 aromatic carbocycles. The minimum absolute atomic E-state index is 0.104. The number of morpholine rings is 1. The van der Waals surface area contributed by atoms with Crippen LogP contribution < -0.4 is 20.5 Å². The first-order valence-corrected chi connectivity index (χ1v) is 8.13. The first-order valence-electron chi connectivity index (χ1n) is 8.13. The van der Waals surface area contributed by atoms with E-state index in [2.05, 4.69) is 10.2 Å². The SMILES string of the molecule is NC(=O)c1ccc[n+](CC(=O)Nc2ccc(N3CCOCC3)cc2)c1. The molecule has 0 bridgehead atoms. The minimum atomic E-state index is -0.520. The quantitative estimate of drug-likeness (QED) is 0.777. The smallest absolute Gasteiger partial charge is 0.290 e. The highest BCUT2D eigenvalue weighted by Crippen LogP contribution is 2.18. The lowest BCUT2D eigenvalue weighted by Crippen LogP contribution is -2.40. The standard InChI is InChI=1S/C18H20N4O3/c19-18(24)14-2-1-7-21(12-14)13-17(23)20-15-3-5-16(6-4-15)22-8-10-25-11-9-22/h1-7,12H,8-11,13H2,(H2-,19,20,23,24)/p+1. The van der Waals surface area contributed by atoms with Gasteiger partial charge in [0.05, 0.1) is 13.2 Å². The molecular formula is C18H21N4O3+. The van der Waals surface area contributed by atoms with Gasteiger partial charge in [-0.05, 0) is 30.3 Å². The molecule has 1 saturated heterocycles. The van der Waals surface area contributed by atoms with Crippen LogP contribution in [0, 0.1) is 0 Å². The average molecular weight is 341 g/mol. The van der Waals surface area contributed by atoms with Crippen LogP contribution in [0.2, 0.25) is 0 Å². The monoisotopic (exact) mass is 341 g/mol. The number of ether oxygens (including phenoxy) is 1. The van der Waals surface area contributed by atoms with Gasteiger partial charge in [-0.25, -0.2) is 0 Å². The fourth-order valence-corrected chi connectivity index (χ4v) is 2.71. The topological polar surface area (TPSA) is 88.5 Å². The number of anilines is 2. The van der Waals surface area contributed by atoms with Gasteiger partial charge in [0.25, 0.3) is 11.8 Å². The van der Waals surface area contributed by atoms with Crippen LogP contribution in [0.15, 0.2) is 48.8 Å². The molecule has 3 rings (SSSR count). The molecule has 3 N–H and O–H groups in total. The molecule has 0 saturated carbocycles. The Morgan fingerprint density at radius 3 is 2.56 bits per heavy atom. The Bertz CT molecular complexity index is 755. The Kier molecular flexibility index (Phi) is 5.25. The average Bonchev–Trinajstić information content (AvgIpc) is 2.63. The lowest BCUT2D eigenvalue weighted by molar-refractivity contribution is -0.684. The number of hydrogen-bond acceptors (Lipinski definition) is 4. The van der Waals surface area contributed by atoms with Crippen LogP contribution >= 0.6 is 0 Å². The molecule has 7 nitrogen and oxygen atoms in total. The molecule has 0 unspecified atom stereocenters. The van der Waals surface area contributed by atoms with E-state index in [0.29, 0.717) is 5.56 Å². The second kappa shape index (κ2) is 7.76. The summed E-state index contributed by atoms with van der Waals surface area (Å²) in [7, 11) is 0. The Balaban J connectivity index is 1.59. The van der Waals surface area contributed by atoms with Gasteiger partial charge < -0.3 is 20.7 Å². The van der Waals surface area contributed by atoms with Crippen molar-refractivity contribution in [2.45, 2.75) is 6.54 Å². The van der Waals surface area contributed by atoms with Gasteiger partial charge in [0.2, 0.25) is 6.54 Å². The van der Waals surface area contributed by atoms with Crippen molar-refractivity contribution >= 4 is 23.2 Å². The second-order valence-electron chi connectivity index (χ2n) is 5.82. The number of carbonyl (C=O) groups excluding carboxylic acids is 2. The largest absolute Gasteiger partial charge is 0.378 e. The molecule has 0 radical (unpaired) electrons. The van der Waals surface area contributed by atoms with Gasteiger partial charge in [0.15, 0.2) is 12.4 Å². The number of primary amides is 1. The number of benzene rings is 1. The molecule has 0 spiro atoms. The van der Waals surface area contributed by atoms with Crippen LogP contribution in [0.1, 0.15) is 10.4 Å². The van der Waals surface area contributed by atoms with Crippen molar-refractivity contribution in [3.8, 4) is 0 Å². The normalized spacial score (nSPS) is 14.2. The molecule has 0 atom stereocenters. The van der Waals surface area contributed by atoms with E-state index in [4.69, 9.17) is 10.5 Å². The highest BCUT2D eigenvalue weighted by atomic mass is 16.5. The fraction of sp³-hybridized carbons (Fsp3) is 0.278. The maximum atomic E-state index is 12.2. The third-order valence-electron chi connectivity index (χ3n) is 4.00. The summed E-state index contributed by atoms with van der Waals surface area (Å²) in [5, 5.41) is 2.85. The molecule has 2 aromatic rings. The van der Waals surface area contributed by atoms with Gasteiger partial charge in [-0.1, -0.05) is 0 Å². The van der Waals surface area contributed by atoms with E-state index in [-0.39, 0.29) is 12.5 Å². The van der Waals surface area contributed by atoms with E-state index < -0.39 is 5.91 Å². The van der Waals surface area contributed by atoms with E-state index in [0.717, 1.165) is 37.7 Å². The Morgan fingerprint density at radius 1 is 1.16 bits per heavy atom. The number of pyridine rings is 1. The van der Waals surface area contributed by atoms with E-state index in [1.165, 1.54) is 0 Å². The molecule has 25 heavy (non-hydrogen) atoms. The van der Waals surface area contributed by atoms with Crippen LogP contribution in [-0.2, 0) is 16.1 Å². The Hall–Kier alpha value is -2.93. The van der Waals surface area contributed by atoms with Crippen LogP contribution in [0.5, 0.6) is 0 Å². The highest BCUT2D eigenvalue weighted by molar-refractivity contribution is 5.92. The molecule has 0 aliphatic carbocycles. The summed E-state index contributed by atoms with van der Waals surface area (Å²) in [6, 6.07) is 11.0. The molecule has 1 aliphatic heterocycles. The highest BCUT2D eigenvalue weighted by Gasteiger charge is 2.14. The fourth-order valence-electron chi connectivity index (χ4n) is 2.71. The number of amides is 2. The van der Waals surface area contributed by atoms with Crippen molar-refractivity contribution in [3.05, 3.63) is 54.4 Å². The summed E-state index contributed by atoms with van der Waals surface area (Å²) in [6.45, 7) is 3.32. The van der Waals surface area contributed by atoms with Crippen molar-refractivity contribution in [2.24, 2.45) is 5.73 Å². The zero-order valence-corrected chi connectivity index (χ0v) is 13.9. The van der Waals surface area contributed by atoms with E-state index >= 15 is 0 Å². The first-order chi connectivity index (χ1) is 12.1. The predicted molar refractivity (Wildman–Crippen MR) is 93.3 cm³/mol. The van der Waals surface area contributed by atoms with Crippen molar-refractivity contribution < 1.29 is 18.9 Å². The summed E-state index contributed by atoms with van der Waals surface area (Å²) < 4.78 is 6.97. The molecular weight excluding hydrogens is 320 g/mol. The van der Waals surface area contributed by atoms with Crippen LogP contribution in [0.25, 0.3) is 0 Å². The maximum Gasteiger partial charge on any atom is 0.290 e. The van der Waals surface area contributed by atoms with Gasteiger partial charge in [-0.15, -0.1) is 0 Å². The first kappa shape index (κ1) is 16.9. The van der Waals surface area contributed by atoms with Crippen molar-refractivity contribution in [2.75, 3.05) is 36.5 Å². The molecule has 1 aliphatic rings. The van der Waals surface area contributed by atoms with Crippen LogP contribution in [0.4, 0.5) is 11.4 Å². The molecule has 1 fully saturated rings. The number of nitrogens with zero attached hydrogens (tertiary/aromatic N) is 2. The molecule has 1 aromatic heterocycles. The van der Waals surface area contributed by atoms with Gasteiger partial charge in [0, 0.05) is 30.5 Å². The van der Waals surface area contributed by atoms with Gasteiger partial charge >= 0.3 is 0 Å². The van der Waals surface area contributed by atoms with E-state index in [9.17, 15) is 9.59 Å². The molecule has 130 valence electrons. The number of nitrogens with two attached hydrogens (primary N) is 1. The number of carbonyl (C=O) groups is 2.